The van der Waals surface area contributed by atoms with E-state index in [1.165, 1.54) is 0 Å². The molecule has 1 N–H and O–H groups in total. The van der Waals surface area contributed by atoms with Crippen LogP contribution in [0, 0.1) is 0 Å². The molecule has 0 saturated heterocycles. The number of hydrogen-bond acceptors (Lipinski definition) is 4. The Bertz CT molecular complexity index is 1240. The third-order valence-corrected chi connectivity index (χ3v) is 5.13. The van der Waals surface area contributed by atoms with Crippen LogP contribution in [0.3, 0.4) is 0 Å². The molecular weight excluding hydrogens is 404 g/mol. The lowest BCUT2D eigenvalue weighted by Crippen LogP contribution is -2.22. The molecule has 0 atom stereocenters. The van der Waals surface area contributed by atoms with Gasteiger partial charge in [-0.15, -0.1) is 0 Å². The minimum absolute atomic E-state index is 0.0223. The number of benzene rings is 2. The zero-order valence-corrected chi connectivity index (χ0v) is 17.8. The monoisotopic (exact) mass is 428 g/mol. The summed E-state index contributed by atoms with van der Waals surface area (Å²) in [6.07, 6.45) is 5.08. The van der Waals surface area contributed by atoms with E-state index in [0.717, 1.165) is 22.4 Å². The molecule has 0 fully saturated rings. The quantitative estimate of drug-likeness (QED) is 0.468. The average Bonchev–Trinajstić information content (AvgIpc) is 3.29. The molecule has 0 spiro atoms. The van der Waals surface area contributed by atoms with E-state index in [9.17, 15) is 9.59 Å². The van der Waals surface area contributed by atoms with Crippen LogP contribution < -0.4 is 15.6 Å². The first-order valence-corrected chi connectivity index (χ1v) is 10.3. The highest BCUT2D eigenvalue weighted by Gasteiger charge is 2.09. The van der Waals surface area contributed by atoms with Crippen molar-refractivity contribution in [1.82, 2.24) is 19.7 Å². The van der Waals surface area contributed by atoms with Crippen molar-refractivity contribution in [3.05, 3.63) is 118 Å². The molecule has 0 saturated carbocycles. The number of methoxy groups -OCH3 is 1. The molecule has 2 heterocycles. The highest BCUT2D eigenvalue weighted by Crippen LogP contribution is 2.12. The van der Waals surface area contributed by atoms with Gasteiger partial charge in [-0.1, -0.05) is 42.5 Å². The Kier molecular flexibility index (Phi) is 6.46. The van der Waals surface area contributed by atoms with Gasteiger partial charge >= 0.3 is 0 Å². The fraction of sp³-hybridized carbons (Fsp3) is 0.160. The van der Waals surface area contributed by atoms with Gasteiger partial charge in [0.25, 0.3) is 11.5 Å². The summed E-state index contributed by atoms with van der Waals surface area (Å²) < 4.78 is 8.54. The first-order chi connectivity index (χ1) is 15.6. The van der Waals surface area contributed by atoms with Crippen molar-refractivity contribution in [1.29, 1.82) is 0 Å². The largest absolute Gasteiger partial charge is 0.497 e. The summed E-state index contributed by atoms with van der Waals surface area (Å²) >= 11 is 0. The van der Waals surface area contributed by atoms with Gasteiger partial charge in [0, 0.05) is 25.0 Å². The van der Waals surface area contributed by atoms with Crippen LogP contribution >= 0.6 is 0 Å². The van der Waals surface area contributed by atoms with Crippen LogP contribution in [-0.4, -0.2) is 27.4 Å². The Labute approximate surface area is 185 Å². The zero-order valence-electron chi connectivity index (χ0n) is 17.8. The van der Waals surface area contributed by atoms with Crippen LogP contribution in [0.2, 0.25) is 0 Å². The fourth-order valence-electron chi connectivity index (χ4n) is 3.32. The molecule has 0 aliphatic carbocycles. The number of carbonyl (C=O) groups excluding carboxylic acids is 1. The van der Waals surface area contributed by atoms with Crippen LogP contribution in [0.5, 0.6) is 5.75 Å². The molecule has 4 rings (SSSR count). The summed E-state index contributed by atoms with van der Waals surface area (Å²) in [6.45, 7) is 1.51. The molecule has 32 heavy (non-hydrogen) atoms. The Morgan fingerprint density at radius 3 is 2.31 bits per heavy atom. The maximum atomic E-state index is 12.4. The Hall–Kier alpha value is -4.13. The Morgan fingerprint density at radius 1 is 0.938 bits per heavy atom. The summed E-state index contributed by atoms with van der Waals surface area (Å²) in [7, 11) is 1.62. The highest BCUT2D eigenvalue weighted by atomic mass is 16.5. The van der Waals surface area contributed by atoms with Crippen molar-refractivity contribution >= 4 is 5.91 Å². The van der Waals surface area contributed by atoms with Crippen molar-refractivity contribution in [3.8, 4) is 5.75 Å². The number of ether oxygens (including phenoxy) is 1. The number of nitrogens with one attached hydrogen (secondary N) is 1. The van der Waals surface area contributed by atoms with E-state index in [1.807, 2.05) is 54.6 Å². The van der Waals surface area contributed by atoms with E-state index in [4.69, 9.17) is 4.74 Å². The minimum Gasteiger partial charge on any atom is -0.497 e. The molecule has 4 aromatic rings. The lowest BCUT2D eigenvalue weighted by atomic mass is 10.1. The van der Waals surface area contributed by atoms with E-state index < -0.39 is 0 Å². The molecule has 0 radical (unpaired) electrons. The van der Waals surface area contributed by atoms with Gasteiger partial charge in [0.15, 0.2) is 0 Å². The average molecular weight is 428 g/mol. The van der Waals surface area contributed by atoms with E-state index >= 15 is 0 Å². The number of aromatic nitrogens is 3. The van der Waals surface area contributed by atoms with Crippen molar-refractivity contribution in [3.63, 3.8) is 0 Å². The number of pyridine rings is 1. The van der Waals surface area contributed by atoms with Gasteiger partial charge in [-0.25, -0.2) is 0 Å². The minimum atomic E-state index is -0.171. The molecule has 0 unspecified atom stereocenters. The van der Waals surface area contributed by atoms with Gasteiger partial charge in [-0.05, 0) is 34.9 Å². The fourth-order valence-corrected chi connectivity index (χ4v) is 3.32. The number of hydrogen-bond donors (Lipinski definition) is 1. The Balaban J connectivity index is 1.32. The van der Waals surface area contributed by atoms with Gasteiger partial charge in [0.2, 0.25) is 0 Å². The lowest BCUT2D eigenvalue weighted by molar-refractivity contribution is 0.0951. The van der Waals surface area contributed by atoms with Gasteiger partial charge in [-0.3, -0.25) is 14.3 Å². The molecule has 0 aliphatic rings. The highest BCUT2D eigenvalue weighted by molar-refractivity contribution is 5.93. The lowest BCUT2D eigenvalue weighted by Gasteiger charge is -2.07. The molecule has 2 aromatic carbocycles. The molecule has 2 aromatic heterocycles. The molecule has 162 valence electrons. The second-order valence-electron chi connectivity index (χ2n) is 7.44. The van der Waals surface area contributed by atoms with Crippen LogP contribution in [0.25, 0.3) is 0 Å². The van der Waals surface area contributed by atoms with Crippen molar-refractivity contribution in [2.45, 2.75) is 19.6 Å². The maximum Gasteiger partial charge on any atom is 0.254 e. The standard InChI is InChI=1S/C25H24N4O3/c1-32-23-11-9-19(10-12-23)14-26-25(31)22-15-27-29(18-22)17-21-7-5-20(6-8-21)16-28-13-3-2-4-24(28)30/h2-13,15,18H,14,16-17H2,1H3,(H,26,31). The first kappa shape index (κ1) is 21.1. The molecule has 0 bridgehead atoms. The number of amides is 1. The normalized spacial score (nSPS) is 10.7. The molecule has 1 amide bonds. The molecule has 7 heteroatoms. The van der Waals surface area contributed by atoms with Crippen LogP contribution in [0.15, 0.2) is 90.1 Å². The van der Waals surface area contributed by atoms with Gasteiger partial charge < -0.3 is 14.6 Å². The number of nitrogens with zero attached hydrogens (tertiary/aromatic N) is 3. The summed E-state index contributed by atoms with van der Waals surface area (Å²) in [5.41, 5.74) is 3.58. The third-order valence-electron chi connectivity index (χ3n) is 5.13. The van der Waals surface area contributed by atoms with E-state index in [2.05, 4.69) is 10.4 Å². The summed E-state index contributed by atoms with van der Waals surface area (Å²) in [5, 5.41) is 7.21. The predicted molar refractivity (Wildman–Crippen MR) is 122 cm³/mol. The van der Waals surface area contributed by atoms with E-state index in [-0.39, 0.29) is 11.5 Å². The maximum absolute atomic E-state index is 12.4. The summed E-state index contributed by atoms with van der Waals surface area (Å²) in [6, 6.07) is 20.7. The van der Waals surface area contributed by atoms with Gasteiger partial charge in [0.1, 0.15) is 5.75 Å². The second-order valence-corrected chi connectivity index (χ2v) is 7.44. The van der Waals surface area contributed by atoms with Crippen molar-refractivity contribution < 1.29 is 9.53 Å². The van der Waals surface area contributed by atoms with Crippen LogP contribution in [0.4, 0.5) is 0 Å². The van der Waals surface area contributed by atoms with Crippen molar-refractivity contribution in [2.24, 2.45) is 0 Å². The molecular formula is C25H24N4O3. The number of carbonyl (C=O) groups is 1. The van der Waals surface area contributed by atoms with Crippen molar-refractivity contribution in [2.75, 3.05) is 7.11 Å². The molecule has 0 aliphatic heterocycles. The topological polar surface area (TPSA) is 78.2 Å². The molecule has 7 nitrogen and oxygen atoms in total. The van der Waals surface area contributed by atoms with E-state index in [0.29, 0.717) is 25.2 Å². The summed E-state index contributed by atoms with van der Waals surface area (Å²) in [4.78, 5) is 24.3. The Morgan fingerprint density at radius 2 is 1.62 bits per heavy atom. The summed E-state index contributed by atoms with van der Waals surface area (Å²) in [5.74, 6) is 0.610. The zero-order chi connectivity index (χ0) is 22.3. The predicted octanol–water partition coefficient (Wildman–Crippen LogP) is 3.08. The first-order valence-electron chi connectivity index (χ1n) is 10.3. The number of rotatable bonds is 8. The van der Waals surface area contributed by atoms with E-state index in [1.54, 1.807) is 47.1 Å². The van der Waals surface area contributed by atoms with Crippen LogP contribution in [0.1, 0.15) is 27.0 Å². The second kappa shape index (κ2) is 9.78. The SMILES string of the molecule is COc1ccc(CNC(=O)c2cnn(Cc3ccc(Cn4ccccc4=O)cc3)c2)cc1. The van der Waals surface area contributed by atoms with Gasteiger partial charge in [0.05, 0.1) is 32.0 Å². The smallest absolute Gasteiger partial charge is 0.254 e. The van der Waals surface area contributed by atoms with Gasteiger partial charge in [-0.2, -0.15) is 5.10 Å². The third kappa shape index (κ3) is 5.31. The van der Waals surface area contributed by atoms with Crippen LogP contribution in [-0.2, 0) is 19.6 Å².